The topological polar surface area (TPSA) is 165 Å². The number of fused-ring (bicyclic) bond motifs is 1. The number of amides is 1. The van der Waals surface area contributed by atoms with Crippen LogP contribution in [-0.2, 0) is 20.9 Å². The molecule has 4 heterocycles. The third-order valence-electron chi connectivity index (χ3n) is 7.05. The molecular weight excluding hydrogens is 512 g/mol. The number of nitro groups is 1. The lowest BCUT2D eigenvalue weighted by Gasteiger charge is -2.44. The molecule has 0 bridgehead atoms. The van der Waals surface area contributed by atoms with Crippen molar-refractivity contribution in [2.75, 3.05) is 23.7 Å². The highest BCUT2D eigenvalue weighted by atomic mass is 32.2. The zero-order valence-corrected chi connectivity index (χ0v) is 21.6. The van der Waals surface area contributed by atoms with E-state index in [9.17, 15) is 24.8 Å². The number of hydrogen-bond acceptors (Lipinski definition) is 11. The van der Waals surface area contributed by atoms with Crippen molar-refractivity contribution in [3.8, 4) is 0 Å². The number of benzene rings is 1. The quantitative estimate of drug-likeness (QED) is 0.219. The number of thioether (sulfide) groups is 1. The van der Waals surface area contributed by atoms with Crippen LogP contribution in [0.2, 0.25) is 0 Å². The van der Waals surface area contributed by atoms with Gasteiger partial charge < -0.3 is 25.4 Å². The van der Waals surface area contributed by atoms with Gasteiger partial charge in [-0.3, -0.25) is 14.9 Å². The number of nitrogens with two attached hydrogens (primary N) is 1. The summed E-state index contributed by atoms with van der Waals surface area (Å²) >= 11 is 1.19. The number of ether oxygens (including phenoxy) is 1. The summed E-state index contributed by atoms with van der Waals surface area (Å²) in [7, 11) is 0. The third-order valence-corrected chi connectivity index (χ3v) is 8.15. The van der Waals surface area contributed by atoms with Gasteiger partial charge in [-0.1, -0.05) is 11.8 Å². The van der Waals surface area contributed by atoms with Crippen molar-refractivity contribution >= 4 is 41.0 Å². The van der Waals surface area contributed by atoms with Crippen LogP contribution in [-0.4, -0.2) is 62.0 Å². The molecule has 3 atom stereocenters. The summed E-state index contributed by atoms with van der Waals surface area (Å²) in [6.07, 6.45) is 4.45. The molecule has 3 aliphatic rings. The Balaban J connectivity index is 1.39. The minimum atomic E-state index is -0.863. The maximum absolute atomic E-state index is 13.3. The number of esters is 1. The first kappa shape index (κ1) is 25.9. The second kappa shape index (κ2) is 10.6. The van der Waals surface area contributed by atoms with E-state index in [0.29, 0.717) is 27.7 Å². The Bertz CT molecular complexity index is 1290. The number of non-ortho nitro benzene ring substituents is 1. The Morgan fingerprint density at radius 2 is 2.00 bits per heavy atom. The lowest BCUT2D eigenvalue weighted by Crippen LogP contribution is -2.61. The van der Waals surface area contributed by atoms with Crippen molar-refractivity contribution in [2.45, 2.75) is 56.4 Å². The van der Waals surface area contributed by atoms with Crippen LogP contribution < -0.4 is 10.6 Å². The normalized spacial score (nSPS) is 21.7. The molecule has 1 aromatic heterocycles. The van der Waals surface area contributed by atoms with Crippen LogP contribution in [0.5, 0.6) is 0 Å². The molecular formula is C25H28N6O6S. The SMILES string of the molecule is C[C@@H](O)[C@H]1C(=O)N2C(C(=O)OCc3ccc([N+](=O)[O-])cc3)=C(Sc3nc(N4CCCCC4)cnc3N)C[C@H]12. The first-order valence-electron chi connectivity index (χ1n) is 12.4. The standard InChI is InChI=1S/C25H28N6O6S/c1-14(32)20-17-11-18(38-23-22(26)27-12-19(28-23)29-9-3-2-4-10-29)21(30(17)24(20)33)25(34)37-13-15-5-7-16(8-6-15)31(35)36/h5-8,12,14,17,20,32H,2-4,9-11,13H2,1H3,(H2,26,27)/t14-,17-,20-/m1/s1. The lowest BCUT2D eigenvalue weighted by molar-refractivity contribution is -0.384. The minimum absolute atomic E-state index is 0.0686. The fraction of sp³-hybridized carbons (Fsp3) is 0.440. The van der Waals surface area contributed by atoms with Gasteiger partial charge in [0.15, 0.2) is 5.82 Å². The molecule has 200 valence electrons. The van der Waals surface area contributed by atoms with E-state index < -0.39 is 22.9 Å². The zero-order chi connectivity index (χ0) is 27.0. The summed E-state index contributed by atoms with van der Waals surface area (Å²) in [5.41, 5.74) is 6.76. The monoisotopic (exact) mass is 540 g/mol. The number of nitro benzene ring substituents is 1. The van der Waals surface area contributed by atoms with E-state index in [0.717, 1.165) is 25.9 Å². The maximum atomic E-state index is 13.3. The Hall–Kier alpha value is -3.71. The Kier molecular flexibility index (Phi) is 7.21. The molecule has 0 aliphatic carbocycles. The number of nitrogens with zero attached hydrogens (tertiary/aromatic N) is 5. The van der Waals surface area contributed by atoms with Gasteiger partial charge >= 0.3 is 5.97 Å². The van der Waals surface area contributed by atoms with Crippen molar-refractivity contribution in [1.82, 2.24) is 14.9 Å². The summed E-state index contributed by atoms with van der Waals surface area (Å²) in [6, 6.07) is 5.31. The van der Waals surface area contributed by atoms with Gasteiger partial charge in [0.25, 0.3) is 5.69 Å². The summed E-state index contributed by atoms with van der Waals surface area (Å²) in [4.78, 5) is 49.7. The summed E-state index contributed by atoms with van der Waals surface area (Å²) < 4.78 is 5.51. The Labute approximate surface area is 223 Å². The minimum Gasteiger partial charge on any atom is -0.456 e. The highest BCUT2D eigenvalue weighted by Crippen LogP contribution is 2.49. The van der Waals surface area contributed by atoms with Crippen molar-refractivity contribution in [1.29, 1.82) is 0 Å². The number of hydrogen-bond donors (Lipinski definition) is 2. The van der Waals surface area contributed by atoms with Gasteiger partial charge in [0.05, 0.1) is 29.2 Å². The predicted octanol–water partition coefficient (Wildman–Crippen LogP) is 2.62. The number of nitrogen functional groups attached to an aromatic ring is 1. The molecule has 0 unspecified atom stereocenters. The molecule has 5 rings (SSSR count). The number of carbonyl (C=O) groups is 2. The van der Waals surface area contributed by atoms with Crippen LogP contribution in [0, 0.1) is 16.0 Å². The number of aromatic nitrogens is 2. The van der Waals surface area contributed by atoms with Crippen molar-refractivity contribution < 1.29 is 24.4 Å². The average molecular weight is 541 g/mol. The molecule has 1 aromatic carbocycles. The highest BCUT2D eigenvalue weighted by Gasteiger charge is 2.57. The second-order valence-electron chi connectivity index (χ2n) is 9.59. The maximum Gasteiger partial charge on any atom is 0.356 e. The van der Waals surface area contributed by atoms with Crippen LogP contribution in [0.15, 0.2) is 46.1 Å². The fourth-order valence-corrected chi connectivity index (χ4v) is 6.15. The first-order valence-corrected chi connectivity index (χ1v) is 13.3. The van der Waals surface area contributed by atoms with Gasteiger partial charge in [-0.05, 0) is 43.9 Å². The van der Waals surface area contributed by atoms with Crippen LogP contribution in [0.4, 0.5) is 17.3 Å². The fourth-order valence-electron chi connectivity index (χ4n) is 5.08. The van der Waals surface area contributed by atoms with Gasteiger partial charge in [-0.2, -0.15) is 0 Å². The van der Waals surface area contributed by atoms with E-state index in [1.54, 1.807) is 13.1 Å². The molecule has 2 fully saturated rings. The molecule has 3 N–H and O–H groups in total. The van der Waals surface area contributed by atoms with E-state index >= 15 is 0 Å². The van der Waals surface area contributed by atoms with Crippen molar-refractivity contribution in [2.24, 2.45) is 5.92 Å². The van der Waals surface area contributed by atoms with E-state index in [2.05, 4.69) is 9.88 Å². The lowest BCUT2D eigenvalue weighted by atomic mass is 9.83. The summed E-state index contributed by atoms with van der Waals surface area (Å²) in [5, 5.41) is 21.5. The van der Waals surface area contributed by atoms with Gasteiger partial charge in [0, 0.05) is 36.5 Å². The number of aliphatic hydroxyl groups excluding tert-OH is 1. The number of carbonyl (C=O) groups excluding carboxylic acids is 2. The highest BCUT2D eigenvalue weighted by molar-refractivity contribution is 8.03. The molecule has 12 nitrogen and oxygen atoms in total. The van der Waals surface area contributed by atoms with Gasteiger partial charge in [-0.15, -0.1) is 0 Å². The molecule has 0 saturated carbocycles. The number of β-lactam (4-membered cyclic amide) rings is 1. The predicted molar refractivity (Wildman–Crippen MR) is 139 cm³/mol. The number of piperidine rings is 1. The second-order valence-corrected chi connectivity index (χ2v) is 10.7. The van der Waals surface area contributed by atoms with Crippen LogP contribution in [0.25, 0.3) is 0 Å². The van der Waals surface area contributed by atoms with Crippen LogP contribution >= 0.6 is 11.8 Å². The zero-order valence-electron chi connectivity index (χ0n) is 20.8. The van der Waals surface area contributed by atoms with Gasteiger partial charge in [0.2, 0.25) is 5.91 Å². The molecule has 1 amide bonds. The Morgan fingerprint density at radius 1 is 1.29 bits per heavy atom. The van der Waals surface area contributed by atoms with E-state index in [4.69, 9.17) is 15.5 Å². The molecule has 13 heteroatoms. The van der Waals surface area contributed by atoms with E-state index in [-0.39, 0.29) is 35.8 Å². The summed E-state index contributed by atoms with van der Waals surface area (Å²) in [5.74, 6) is -0.736. The average Bonchev–Trinajstić information content (AvgIpc) is 3.22. The van der Waals surface area contributed by atoms with Crippen molar-refractivity contribution in [3.63, 3.8) is 0 Å². The van der Waals surface area contributed by atoms with Gasteiger partial charge in [0.1, 0.15) is 23.1 Å². The number of rotatable bonds is 8. The molecule has 2 saturated heterocycles. The van der Waals surface area contributed by atoms with Crippen molar-refractivity contribution in [3.05, 3.63) is 56.7 Å². The van der Waals surface area contributed by atoms with Crippen LogP contribution in [0.1, 0.15) is 38.2 Å². The smallest absolute Gasteiger partial charge is 0.356 e. The molecule has 0 radical (unpaired) electrons. The Morgan fingerprint density at radius 3 is 2.66 bits per heavy atom. The number of anilines is 2. The summed E-state index contributed by atoms with van der Waals surface area (Å²) in [6.45, 7) is 3.19. The number of aliphatic hydroxyl groups is 1. The largest absolute Gasteiger partial charge is 0.456 e. The molecule has 3 aliphatic heterocycles. The molecule has 2 aromatic rings. The van der Waals surface area contributed by atoms with Gasteiger partial charge in [-0.25, -0.2) is 14.8 Å². The van der Waals surface area contributed by atoms with E-state index in [1.807, 2.05) is 0 Å². The van der Waals surface area contributed by atoms with E-state index in [1.165, 1.54) is 47.3 Å². The first-order chi connectivity index (χ1) is 18.2. The van der Waals surface area contributed by atoms with Crippen LogP contribution in [0.3, 0.4) is 0 Å². The third kappa shape index (κ3) is 4.90. The molecule has 0 spiro atoms. The molecule has 38 heavy (non-hydrogen) atoms.